The van der Waals surface area contributed by atoms with E-state index in [9.17, 15) is 4.79 Å². The Kier molecular flexibility index (Phi) is 4.60. The molecule has 2 aromatic rings. The van der Waals surface area contributed by atoms with Gasteiger partial charge < -0.3 is 16.2 Å². The van der Waals surface area contributed by atoms with Crippen LogP contribution in [0.2, 0.25) is 0 Å². The average molecular weight is 284 g/mol. The van der Waals surface area contributed by atoms with E-state index < -0.39 is 11.4 Å². The topological polar surface area (TPSA) is 78.3 Å². The Morgan fingerprint density at radius 1 is 1.10 bits per heavy atom. The molecule has 0 saturated carbocycles. The first-order valence-corrected chi connectivity index (χ1v) is 6.87. The van der Waals surface area contributed by atoms with Crippen molar-refractivity contribution in [1.82, 2.24) is 0 Å². The number of benzene rings is 2. The molecule has 0 aliphatic carbocycles. The minimum absolute atomic E-state index is 0.319. The molecule has 0 heterocycles. The van der Waals surface area contributed by atoms with Gasteiger partial charge in [-0.05, 0) is 24.1 Å². The molecule has 0 aliphatic heterocycles. The van der Waals surface area contributed by atoms with Crippen LogP contribution in [0.25, 0.3) is 0 Å². The number of amides is 1. The average Bonchev–Trinajstić information content (AvgIpc) is 2.49. The van der Waals surface area contributed by atoms with Crippen molar-refractivity contribution in [3.05, 3.63) is 65.7 Å². The predicted molar refractivity (Wildman–Crippen MR) is 82.8 cm³/mol. The Balaban J connectivity index is 2.08. The molecule has 1 atom stereocenters. The van der Waals surface area contributed by atoms with E-state index in [1.54, 1.807) is 12.1 Å². The van der Waals surface area contributed by atoms with Gasteiger partial charge in [-0.25, -0.2) is 0 Å². The minimum atomic E-state index is -1.22. The number of rotatable bonds is 6. The van der Waals surface area contributed by atoms with E-state index in [4.69, 9.17) is 16.2 Å². The number of primary amides is 1. The van der Waals surface area contributed by atoms with Crippen LogP contribution in [0.3, 0.4) is 0 Å². The highest BCUT2D eigenvalue weighted by molar-refractivity contribution is 5.85. The molecular formula is C17H20N2O2. The molecule has 4 nitrogen and oxygen atoms in total. The maximum Gasteiger partial charge on any atom is 0.242 e. The van der Waals surface area contributed by atoms with Crippen LogP contribution in [-0.4, -0.2) is 12.5 Å². The molecule has 1 amide bonds. The number of ether oxygens (including phenoxy) is 1. The highest BCUT2D eigenvalue weighted by Crippen LogP contribution is 2.23. The third-order valence-corrected chi connectivity index (χ3v) is 3.58. The fourth-order valence-electron chi connectivity index (χ4n) is 2.19. The number of nitrogens with two attached hydrogens (primary N) is 2. The summed E-state index contributed by atoms with van der Waals surface area (Å²) in [5.74, 6) is 0.236. The summed E-state index contributed by atoms with van der Waals surface area (Å²) >= 11 is 0. The van der Waals surface area contributed by atoms with Gasteiger partial charge in [0.05, 0.1) is 6.61 Å². The van der Waals surface area contributed by atoms with E-state index in [0.29, 0.717) is 18.6 Å². The number of carbonyl (C=O) groups is 1. The number of para-hydroxylation sites is 1. The molecule has 110 valence electrons. The number of carbonyl (C=O) groups excluding carboxylic acids is 1. The Hall–Kier alpha value is -2.33. The fraction of sp³-hybridized carbons (Fsp3) is 0.235. The molecular weight excluding hydrogens is 264 g/mol. The molecule has 0 aliphatic rings. The first-order chi connectivity index (χ1) is 10.0. The van der Waals surface area contributed by atoms with Crippen molar-refractivity contribution in [2.45, 2.75) is 18.9 Å². The first kappa shape index (κ1) is 15.1. The summed E-state index contributed by atoms with van der Waals surface area (Å²) in [6.07, 6.45) is 0.320. The minimum Gasteiger partial charge on any atom is -0.493 e. The van der Waals surface area contributed by atoms with Crippen molar-refractivity contribution in [3.8, 4) is 5.75 Å². The van der Waals surface area contributed by atoms with Gasteiger partial charge in [0.25, 0.3) is 0 Å². The van der Waals surface area contributed by atoms with E-state index in [0.717, 1.165) is 11.3 Å². The third kappa shape index (κ3) is 3.41. The SMILES string of the molecule is Cc1ccccc1OCCC(N)(C(N)=O)c1ccccc1. The smallest absolute Gasteiger partial charge is 0.242 e. The van der Waals surface area contributed by atoms with E-state index in [1.807, 2.05) is 49.4 Å². The molecule has 0 spiro atoms. The molecule has 4 N–H and O–H groups in total. The van der Waals surface area contributed by atoms with Gasteiger partial charge in [0.2, 0.25) is 5.91 Å². The lowest BCUT2D eigenvalue weighted by atomic mass is 9.87. The van der Waals surface area contributed by atoms with Crippen LogP contribution in [0.5, 0.6) is 5.75 Å². The molecule has 1 unspecified atom stereocenters. The number of aryl methyl sites for hydroxylation is 1. The Bertz CT molecular complexity index is 613. The second-order valence-electron chi connectivity index (χ2n) is 5.07. The van der Waals surface area contributed by atoms with Crippen molar-refractivity contribution in [2.24, 2.45) is 11.5 Å². The fourth-order valence-corrected chi connectivity index (χ4v) is 2.19. The number of hydrogen-bond donors (Lipinski definition) is 2. The molecule has 21 heavy (non-hydrogen) atoms. The normalized spacial score (nSPS) is 13.4. The van der Waals surface area contributed by atoms with Crippen molar-refractivity contribution < 1.29 is 9.53 Å². The van der Waals surface area contributed by atoms with E-state index in [2.05, 4.69) is 0 Å². The summed E-state index contributed by atoms with van der Waals surface area (Å²) in [4.78, 5) is 11.8. The zero-order valence-electron chi connectivity index (χ0n) is 12.1. The molecule has 0 aromatic heterocycles. The second kappa shape index (κ2) is 6.41. The van der Waals surface area contributed by atoms with Gasteiger partial charge in [0.1, 0.15) is 11.3 Å². The predicted octanol–water partition coefficient (Wildman–Crippen LogP) is 2.10. The molecule has 2 aromatic carbocycles. The zero-order chi connectivity index (χ0) is 15.3. The molecule has 0 fully saturated rings. The van der Waals surface area contributed by atoms with E-state index in [1.165, 1.54) is 0 Å². The van der Waals surface area contributed by atoms with Crippen LogP contribution in [-0.2, 0) is 10.3 Å². The zero-order valence-corrected chi connectivity index (χ0v) is 12.1. The molecule has 0 saturated heterocycles. The van der Waals surface area contributed by atoms with E-state index >= 15 is 0 Å². The highest BCUT2D eigenvalue weighted by Gasteiger charge is 2.33. The van der Waals surface area contributed by atoms with Crippen LogP contribution in [0.4, 0.5) is 0 Å². The quantitative estimate of drug-likeness (QED) is 0.852. The van der Waals surface area contributed by atoms with Crippen molar-refractivity contribution in [2.75, 3.05) is 6.61 Å². The monoisotopic (exact) mass is 284 g/mol. The number of hydrogen-bond acceptors (Lipinski definition) is 3. The first-order valence-electron chi connectivity index (χ1n) is 6.87. The van der Waals surface area contributed by atoms with Gasteiger partial charge in [-0.3, -0.25) is 4.79 Å². The second-order valence-corrected chi connectivity index (χ2v) is 5.07. The van der Waals surface area contributed by atoms with Crippen molar-refractivity contribution in [3.63, 3.8) is 0 Å². The lowest BCUT2D eigenvalue weighted by Gasteiger charge is -2.26. The largest absolute Gasteiger partial charge is 0.493 e. The van der Waals surface area contributed by atoms with Crippen LogP contribution >= 0.6 is 0 Å². The van der Waals surface area contributed by atoms with Gasteiger partial charge >= 0.3 is 0 Å². The lowest BCUT2D eigenvalue weighted by Crippen LogP contribution is -2.50. The summed E-state index contributed by atoms with van der Waals surface area (Å²) in [5, 5.41) is 0. The standard InChI is InChI=1S/C17H20N2O2/c1-13-7-5-6-10-15(13)21-12-11-17(19,16(18)20)14-8-3-2-4-9-14/h2-10H,11-12,19H2,1H3,(H2,18,20). The Morgan fingerprint density at radius 3 is 2.33 bits per heavy atom. The van der Waals surface area contributed by atoms with Gasteiger partial charge in [0.15, 0.2) is 0 Å². The molecule has 2 rings (SSSR count). The summed E-state index contributed by atoms with van der Waals surface area (Å²) in [5.41, 5.74) is 12.2. The van der Waals surface area contributed by atoms with Gasteiger partial charge in [0, 0.05) is 6.42 Å². The highest BCUT2D eigenvalue weighted by atomic mass is 16.5. The summed E-state index contributed by atoms with van der Waals surface area (Å²) < 4.78 is 5.72. The molecule has 0 radical (unpaired) electrons. The summed E-state index contributed by atoms with van der Waals surface area (Å²) in [6.45, 7) is 2.29. The summed E-state index contributed by atoms with van der Waals surface area (Å²) in [6, 6.07) is 16.9. The van der Waals surface area contributed by atoms with Crippen molar-refractivity contribution in [1.29, 1.82) is 0 Å². The van der Waals surface area contributed by atoms with Gasteiger partial charge in [-0.2, -0.15) is 0 Å². The Labute approximate surface area is 124 Å². The Morgan fingerprint density at radius 2 is 1.71 bits per heavy atom. The van der Waals surface area contributed by atoms with Crippen LogP contribution < -0.4 is 16.2 Å². The van der Waals surface area contributed by atoms with Crippen LogP contribution in [0.15, 0.2) is 54.6 Å². The van der Waals surface area contributed by atoms with E-state index in [-0.39, 0.29) is 0 Å². The van der Waals surface area contributed by atoms with Crippen molar-refractivity contribution >= 4 is 5.91 Å². The van der Waals surface area contributed by atoms with Gasteiger partial charge in [-0.1, -0.05) is 48.5 Å². The summed E-state index contributed by atoms with van der Waals surface area (Å²) in [7, 11) is 0. The van der Waals surface area contributed by atoms with Crippen LogP contribution in [0, 0.1) is 6.92 Å². The molecule has 0 bridgehead atoms. The maximum atomic E-state index is 11.8. The maximum absolute atomic E-state index is 11.8. The molecule has 4 heteroatoms. The van der Waals surface area contributed by atoms with Crippen LogP contribution in [0.1, 0.15) is 17.5 Å². The van der Waals surface area contributed by atoms with Gasteiger partial charge in [-0.15, -0.1) is 0 Å². The third-order valence-electron chi connectivity index (χ3n) is 3.58. The lowest BCUT2D eigenvalue weighted by molar-refractivity contribution is -0.124.